The highest BCUT2D eigenvalue weighted by Crippen LogP contribution is 2.32. The van der Waals surface area contributed by atoms with Crippen molar-refractivity contribution in [2.24, 2.45) is 0 Å². The zero-order chi connectivity index (χ0) is 21.0. The number of aromatic nitrogens is 2. The molecule has 150 valence electrons. The lowest BCUT2D eigenvalue weighted by Crippen LogP contribution is -2.25. The van der Waals surface area contributed by atoms with Gasteiger partial charge in [0.05, 0.1) is 5.52 Å². The van der Waals surface area contributed by atoms with Gasteiger partial charge in [-0.15, -0.1) is 0 Å². The van der Waals surface area contributed by atoms with Crippen LogP contribution in [0.3, 0.4) is 0 Å². The number of unbranched alkanes of at least 4 members (excludes halogenated alkanes) is 2. The first-order valence-electron chi connectivity index (χ1n) is 10.1. The second-order valence-corrected chi connectivity index (χ2v) is 7.36. The molecule has 0 unspecified atom stereocenters. The lowest BCUT2D eigenvalue weighted by molar-refractivity contribution is 0.0946. The van der Waals surface area contributed by atoms with Crippen molar-refractivity contribution in [2.45, 2.75) is 47.0 Å². The van der Waals surface area contributed by atoms with Crippen molar-refractivity contribution in [1.82, 2.24) is 15.3 Å². The Morgan fingerprint density at radius 3 is 2.48 bits per heavy atom. The Balaban J connectivity index is 2.17. The van der Waals surface area contributed by atoms with Gasteiger partial charge in [-0.3, -0.25) is 14.6 Å². The molecule has 0 saturated heterocycles. The summed E-state index contributed by atoms with van der Waals surface area (Å²) in [6, 6.07) is 11.3. The van der Waals surface area contributed by atoms with Crippen molar-refractivity contribution in [3.05, 3.63) is 59.0 Å². The number of rotatable bonds is 7. The molecule has 0 aliphatic heterocycles. The summed E-state index contributed by atoms with van der Waals surface area (Å²) in [5.41, 5.74) is 4.99. The zero-order valence-corrected chi connectivity index (χ0v) is 17.5. The van der Waals surface area contributed by atoms with Crippen LogP contribution in [0.1, 0.15) is 65.3 Å². The summed E-state index contributed by atoms with van der Waals surface area (Å²) in [5, 5.41) is 3.79. The topological polar surface area (TPSA) is 72.0 Å². The van der Waals surface area contributed by atoms with Gasteiger partial charge in [0.15, 0.2) is 5.78 Å². The number of carbonyl (C=O) groups is 2. The van der Waals surface area contributed by atoms with E-state index in [0.717, 1.165) is 47.2 Å². The molecule has 3 rings (SSSR count). The molecule has 0 spiro atoms. The molecule has 0 atom stereocenters. The Hall–Kier alpha value is -3.08. The van der Waals surface area contributed by atoms with Crippen molar-refractivity contribution >= 4 is 22.6 Å². The van der Waals surface area contributed by atoms with Gasteiger partial charge in [-0.05, 0) is 51.0 Å². The molecule has 1 N–H and O–H groups in total. The van der Waals surface area contributed by atoms with Crippen LogP contribution in [0.2, 0.25) is 0 Å². The zero-order valence-electron chi connectivity index (χ0n) is 17.5. The van der Waals surface area contributed by atoms with E-state index in [-0.39, 0.29) is 11.7 Å². The predicted octanol–water partition coefficient (Wildman–Crippen LogP) is 5.04. The number of Topliss-reactive ketones (excluding diaryl/α,β-unsaturated/α-hetero) is 1. The van der Waals surface area contributed by atoms with Crippen LogP contribution in [-0.4, -0.2) is 28.2 Å². The summed E-state index contributed by atoms with van der Waals surface area (Å²) in [5.74, 6) is -0.298. The normalized spacial score (nSPS) is 10.9. The maximum absolute atomic E-state index is 12.8. The molecule has 5 heteroatoms. The molecule has 3 aromatic rings. The Labute approximate surface area is 171 Å². The van der Waals surface area contributed by atoms with Crippen molar-refractivity contribution < 1.29 is 9.59 Å². The van der Waals surface area contributed by atoms with E-state index in [1.807, 2.05) is 38.1 Å². The second-order valence-electron chi connectivity index (χ2n) is 7.36. The molecule has 0 aliphatic carbocycles. The molecule has 0 saturated carbocycles. The number of nitrogens with zero attached hydrogens (tertiary/aromatic N) is 2. The molecule has 1 aromatic carbocycles. The molecule has 0 fully saturated rings. The van der Waals surface area contributed by atoms with E-state index in [4.69, 9.17) is 0 Å². The average molecular weight is 389 g/mol. The fourth-order valence-corrected chi connectivity index (χ4v) is 3.51. The van der Waals surface area contributed by atoms with E-state index >= 15 is 0 Å². The molecular formula is C24H27N3O2. The molecule has 2 aromatic heterocycles. The van der Waals surface area contributed by atoms with Gasteiger partial charge >= 0.3 is 0 Å². The lowest BCUT2D eigenvalue weighted by Gasteiger charge is -2.14. The fraction of sp³-hybridized carbons (Fsp3) is 0.333. The van der Waals surface area contributed by atoms with Crippen LogP contribution in [-0.2, 0) is 0 Å². The SMILES string of the molecule is CCCCCNC(=O)c1cc(-c2ccc(C)nc2C)c2cccc(C(C)=O)c2n1. The highest BCUT2D eigenvalue weighted by molar-refractivity contribution is 6.10. The van der Waals surface area contributed by atoms with Gasteiger partial charge in [-0.2, -0.15) is 0 Å². The third-order valence-electron chi connectivity index (χ3n) is 5.03. The summed E-state index contributed by atoms with van der Waals surface area (Å²) in [4.78, 5) is 34.1. The summed E-state index contributed by atoms with van der Waals surface area (Å²) < 4.78 is 0. The largest absolute Gasteiger partial charge is 0.351 e. The third kappa shape index (κ3) is 4.50. The molecule has 5 nitrogen and oxygen atoms in total. The number of hydrogen-bond donors (Lipinski definition) is 1. The van der Waals surface area contributed by atoms with Gasteiger partial charge in [0.2, 0.25) is 0 Å². The summed E-state index contributed by atoms with van der Waals surface area (Å²) in [6.07, 6.45) is 3.09. The van der Waals surface area contributed by atoms with Crippen LogP contribution >= 0.6 is 0 Å². The van der Waals surface area contributed by atoms with Gasteiger partial charge in [0, 0.05) is 34.4 Å². The average Bonchev–Trinajstić information content (AvgIpc) is 2.70. The van der Waals surface area contributed by atoms with E-state index in [1.54, 1.807) is 12.1 Å². The van der Waals surface area contributed by atoms with Crippen LogP contribution in [0.15, 0.2) is 36.4 Å². The molecule has 2 heterocycles. The number of hydrogen-bond acceptors (Lipinski definition) is 4. The first-order chi connectivity index (χ1) is 13.9. The molecule has 0 radical (unpaired) electrons. The van der Waals surface area contributed by atoms with Crippen molar-refractivity contribution in [2.75, 3.05) is 6.54 Å². The minimum atomic E-state index is -0.222. The number of pyridine rings is 2. The van der Waals surface area contributed by atoms with E-state index in [2.05, 4.69) is 22.2 Å². The number of amides is 1. The molecule has 0 bridgehead atoms. The Kier molecular flexibility index (Phi) is 6.37. The maximum atomic E-state index is 12.8. The quantitative estimate of drug-likeness (QED) is 0.454. The van der Waals surface area contributed by atoms with Crippen molar-refractivity contribution in [3.8, 4) is 11.1 Å². The van der Waals surface area contributed by atoms with E-state index in [9.17, 15) is 9.59 Å². The third-order valence-corrected chi connectivity index (χ3v) is 5.03. The summed E-state index contributed by atoms with van der Waals surface area (Å²) in [6.45, 7) is 8.16. The minimum absolute atomic E-state index is 0.0756. The number of benzene rings is 1. The minimum Gasteiger partial charge on any atom is -0.351 e. The highest BCUT2D eigenvalue weighted by Gasteiger charge is 2.18. The van der Waals surface area contributed by atoms with Gasteiger partial charge in [0.25, 0.3) is 5.91 Å². The maximum Gasteiger partial charge on any atom is 0.269 e. The first kappa shape index (κ1) is 20.6. The molecule has 29 heavy (non-hydrogen) atoms. The molecule has 0 aliphatic rings. The van der Waals surface area contributed by atoms with E-state index in [1.165, 1.54) is 6.92 Å². The number of ketones is 1. The highest BCUT2D eigenvalue weighted by atomic mass is 16.2. The molecule has 1 amide bonds. The number of fused-ring (bicyclic) bond motifs is 1. The first-order valence-corrected chi connectivity index (χ1v) is 10.1. The Bertz CT molecular complexity index is 1070. The predicted molar refractivity (Wildman–Crippen MR) is 116 cm³/mol. The van der Waals surface area contributed by atoms with Gasteiger partial charge < -0.3 is 5.32 Å². The lowest BCUT2D eigenvalue weighted by atomic mass is 9.96. The van der Waals surface area contributed by atoms with Crippen molar-refractivity contribution in [1.29, 1.82) is 0 Å². The van der Waals surface area contributed by atoms with Crippen molar-refractivity contribution in [3.63, 3.8) is 0 Å². The van der Waals surface area contributed by atoms with Crippen LogP contribution < -0.4 is 5.32 Å². The van der Waals surface area contributed by atoms with E-state index in [0.29, 0.717) is 23.3 Å². The van der Waals surface area contributed by atoms with Crippen LogP contribution in [0.25, 0.3) is 22.0 Å². The Morgan fingerprint density at radius 2 is 1.79 bits per heavy atom. The smallest absolute Gasteiger partial charge is 0.269 e. The monoisotopic (exact) mass is 389 g/mol. The standard InChI is InChI=1S/C24H27N3O2/c1-5-6-7-13-25-24(29)22-14-21(18-12-11-15(2)26-16(18)3)20-10-8-9-19(17(4)28)23(20)27-22/h8-12,14H,5-7,13H2,1-4H3,(H,25,29). The summed E-state index contributed by atoms with van der Waals surface area (Å²) in [7, 11) is 0. The number of nitrogens with one attached hydrogen (secondary N) is 1. The Morgan fingerprint density at radius 1 is 1.00 bits per heavy atom. The fourth-order valence-electron chi connectivity index (χ4n) is 3.51. The number of para-hydroxylation sites is 1. The van der Waals surface area contributed by atoms with Gasteiger partial charge in [-0.25, -0.2) is 4.98 Å². The van der Waals surface area contributed by atoms with Crippen LogP contribution in [0.4, 0.5) is 0 Å². The van der Waals surface area contributed by atoms with Gasteiger partial charge in [-0.1, -0.05) is 38.0 Å². The van der Waals surface area contributed by atoms with E-state index < -0.39 is 0 Å². The second kappa shape index (κ2) is 8.95. The number of carbonyl (C=O) groups excluding carboxylic acids is 2. The van der Waals surface area contributed by atoms with Gasteiger partial charge in [0.1, 0.15) is 5.69 Å². The number of aryl methyl sites for hydroxylation is 2. The van der Waals surface area contributed by atoms with Crippen LogP contribution in [0, 0.1) is 13.8 Å². The molecular weight excluding hydrogens is 362 g/mol. The van der Waals surface area contributed by atoms with Crippen LogP contribution in [0.5, 0.6) is 0 Å². The summed E-state index contributed by atoms with van der Waals surface area (Å²) >= 11 is 0.